The average Bonchev–Trinajstić information content (AvgIpc) is 3.19. The number of nitrogens with zero attached hydrogens (tertiary/aromatic N) is 2. The van der Waals surface area contributed by atoms with E-state index in [1.807, 2.05) is 61.2 Å². The highest BCUT2D eigenvalue weighted by molar-refractivity contribution is 5.97. The Bertz CT molecular complexity index is 824. The summed E-state index contributed by atoms with van der Waals surface area (Å²) in [7, 11) is 0. The molecule has 2 aromatic carbocycles. The summed E-state index contributed by atoms with van der Waals surface area (Å²) in [6.07, 6.45) is 0.494. The fourth-order valence-corrected chi connectivity index (χ4v) is 3.55. The third-order valence-electron chi connectivity index (χ3n) is 5.22. The highest BCUT2D eigenvalue weighted by Gasteiger charge is 2.36. The van der Waals surface area contributed by atoms with Crippen LogP contribution in [0.3, 0.4) is 0 Å². The number of para-hydroxylation sites is 2. The lowest BCUT2D eigenvalue weighted by molar-refractivity contribution is 0.0585. The van der Waals surface area contributed by atoms with Gasteiger partial charge < -0.3 is 19.6 Å². The lowest BCUT2D eigenvalue weighted by atomic mass is 10.1. The van der Waals surface area contributed by atoms with Crippen LogP contribution in [-0.2, 0) is 0 Å². The van der Waals surface area contributed by atoms with Crippen LogP contribution in [-0.4, -0.2) is 52.1 Å². The first-order valence-electron chi connectivity index (χ1n) is 9.63. The molecule has 2 atom stereocenters. The van der Waals surface area contributed by atoms with Crippen LogP contribution in [0.4, 0.5) is 4.79 Å². The van der Waals surface area contributed by atoms with Crippen molar-refractivity contribution in [3.8, 4) is 11.5 Å². The first-order chi connectivity index (χ1) is 13.5. The van der Waals surface area contributed by atoms with Gasteiger partial charge in [0, 0.05) is 19.1 Å². The van der Waals surface area contributed by atoms with E-state index in [9.17, 15) is 14.7 Å². The molecule has 0 bridgehead atoms. The molecular formula is C22H26N2O4. The molecule has 1 unspecified atom stereocenters. The third kappa shape index (κ3) is 4.27. The minimum atomic E-state index is -0.938. The van der Waals surface area contributed by atoms with E-state index in [1.54, 1.807) is 12.1 Å². The van der Waals surface area contributed by atoms with Crippen LogP contribution >= 0.6 is 0 Å². The van der Waals surface area contributed by atoms with Crippen molar-refractivity contribution in [2.75, 3.05) is 13.1 Å². The van der Waals surface area contributed by atoms with Crippen molar-refractivity contribution in [2.45, 2.75) is 38.8 Å². The van der Waals surface area contributed by atoms with Gasteiger partial charge in [-0.3, -0.25) is 4.79 Å². The molecule has 2 amide bonds. The molecule has 6 heteroatoms. The van der Waals surface area contributed by atoms with E-state index in [0.717, 1.165) is 6.42 Å². The Hall–Kier alpha value is -3.02. The molecule has 1 N–H and O–H groups in total. The van der Waals surface area contributed by atoms with Gasteiger partial charge in [0.25, 0.3) is 5.91 Å². The SMILES string of the molecule is CCC(C)N(C(=O)c1ccccc1Oc1ccccc1)[C@H]1CCN(C(=O)O)C1. The summed E-state index contributed by atoms with van der Waals surface area (Å²) in [4.78, 5) is 28.0. The fourth-order valence-electron chi connectivity index (χ4n) is 3.55. The number of ether oxygens (including phenoxy) is 1. The Kier molecular flexibility index (Phi) is 6.19. The number of likely N-dealkylation sites (tertiary alicyclic amines) is 1. The average molecular weight is 382 g/mol. The predicted molar refractivity (Wildman–Crippen MR) is 107 cm³/mol. The van der Waals surface area contributed by atoms with Crippen molar-refractivity contribution in [2.24, 2.45) is 0 Å². The number of carbonyl (C=O) groups excluding carboxylic acids is 1. The van der Waals surface area contributed by atoms with E-state index in [-0.39, 0.29) is 18.0 Å². The molecule has 0 radical (unpaired) electrons. The van der Waals surface area contributed by atoms with Crippen LogP contribution in [0.25, 0.3) is 0 Å². The normalized spacial score (nSPS) is 17.2. The zero-order valence-electron chi connectivity index (χ0n) is 16.2. The molecule has 2 aromatic rings. The van der Waals surface area contributed by atoms with Crippen molar-refractivity contribution in [3.05, 3.63) is 60.2 Å². The predicted octanol–water partition coefficient (Wildman–Crippen LogP) is 4.47. The molecule has 0 spiro atoms. The Labute approximate surface area is 165 Å². The molecule has 0 aliphatic carbocycles. The van der Waals surface area contributed by atoms with E-state index in [2.05, 4.69) is 0 Å². The smallest absolute Gasteiger partial charge is 0.407 e. The van der Waals surface area contributed by atoms with Gasteiger partial charge in [-0.1, -0.05) is 37.3 Å². The van der Waals surface area contributed by atoms with Crippen molar-refractivity contribution in [3.63, 3.8) is 0 Å². The van der Waals surface area contributed by atoms with Gasteiger partial charge in [-0.2, -0.15) is 0 Å². The number of carboxylic acid groups (broad SMARTS) is 1. The molecule has 148 valence electrons. The summed E-state index contributed by atoms with van der Waals surface area (Å²) >= 11 is 0. The third-order valence-corrected chi connectivity index (χ3v) is 5.22. The standard InChI is InChI=1S/C22H26N2O4/c1-3-16(2)24(17-13-14-23(15-17)22(26)27)21(25)19-11-7-8-12-20(19)28-18-9-5-4-6-10-18/h4-12,16-17H,3,13-15H2,1-2H3,(H,26,27)/t16?,17-/m0/s1. The Morgan fingerprint density at radius 1 is 1.18 bits per heavy atom. The van der Waals surface area contributed by atoms with Gasteiger partial charge in [0.05, 0.1) is 11.6 Å². The zero-order chi connectivity index (χ0) is 20.1. The van der Waals surface area contributed by atoms with Gasteiger partial charge in [0.2, 0.25) is 0 Å². The van der Waals surface area contributed by atoms with Crippen molar-refractivity contribution >= 4 is 12.0 Å². The number of rotatable bonds is 6. The maximum absolute atomic E-state index is 13.5. The van der Waals surface area contributed by atoms with Gasteiger partial charge in [0.1, 0.15) is 11.5 Å². The first-order valence-corrected chi connectivity index (χ1v) is 9.63. The summed E-state index contributed by atoms with van der Waals surface area (Å²) in [6.45, 7) is 4.82. The second-order valence-corrected chi connectivity index (χ2v) is 7.05. The fraction of sp³-hybridized carbons (Fsp3) is 0.364. The molecular weight excluding hydrogens is 356 g/mol. The van der Waals surface area contributed by atoms with Gasteiger partial charge in [-0.25, -0.2) is 4.79 Å². The quantitative estimate of drug-likeness (QED) is 0.800. The maximum Gasteiger partial charge on any atom is 0.407 e. The van der Waals surface area contributed by atoms with Gasteiger partial charge in [-0.05, 0) is 44.0 Å². The Morgan fingerprint density at radius 2 is 1.86 bits per heavy atom. The van der Waals surface area contributed by atoms with Crippen LogP contribution in [0.15, 0.2) is 54.6 Å². The molecule has 1 aliphatic heterocycles. The van der Waals surface area contributed by atoms with E-state index in [0.29, 0.717) is 36.6 Å². The number of amides is 2. The molecule has 28 heavy (non-hydrogen) atoms. The van der Waals surface area contributed by atoms with Crippen LogP contribution in [0.2, 0.25) is 0 Å². The summed E-state index contributed by atoms with van der Waals surface area (Å²) in [6, 6.07) is 16.4. The monoisotopic (exact) mass is 382 g/mol. The number of carbonyl (C=O) groups is 2. The summed E-state index contributed by atoms with van der Waals surface area (Å²) in [5, 5.41) is 9.27. The lowest BCUT2D eigenvalue weighted by Gasteiger charge is -2.34. The van der Waals surface area contributed by atoms with E-state index < -0.39 is 6.09 Å². The summed E-state index contributed by atoms with van der Waals surface area (Å²) in [5.41, 5.74) is 0.487. The minimum Gasteiger partial charge on any atom is -0.465 e. The maximum atomic E-state index is 13.5. The van der Waals surface area contributed by atoms with Gasteiger partial charge in [0.15, 0.2) is 0 Å². The largest absolute Gasteiger partial charge is 0.465 e. The molecule has 1 fully saturated rings. The lowest BCUT2D eigenvalue weighted by Crippen LogP contribution is -2.47. The van der Waals surface area contributed by atoms with Gasteiger partial charge in [-0.15, -0.1) is 0 Å². The number of hydrogen-bond acceptors (Lipinski definition) is 3. The topological polar surface area (TPSA) is 70.1 Å². The van der Waals surface area contributed by atoms with E-state index in [4.69, 9.17) is 4.74 Å². The van der Waals surface area contributed by atoms with Crippen molar-refractivity contribution < 1.29 is 19.4 Å². The minimum absolute atomic E-state index is 0.00368. The van der Waals surface area contributed by atoms with Crippen LogP contribution < -0.4 is 4.74 Å². The molecule has 0 aromatic heterocycles. The molecule has 3 rings (SSSR count). The van der Waals surface area contributed by atoms with Crippen LogP contribution in [0.5, 0.6) is 11.5 Å². The number of hydrogen-bond donors (Lipinski definition) is 1. The number of benzene rings is 2. The van der Waals surface area contributed by atoms with Gasteiger partial charge >= 0.3 is 6.09 Å². The molecule has 6 nitrogen and oxygen atoms in total. The molecule has 0 saturated carbocycles. The van der Waals surface area contributed by atoms with Crippen molar-refractivity contribution in [1.82, 2.24) is 9.80 Å². The first kappa shape index (κ1) is 19.7. The van der Waals surface area contributed by atoms with Crippen molar-refractivity contribution in [1.29, 1.82) is 0 Å². The second-order valence-electron chi connectivity index (χ2n) is 7.05. The van der Waals surface area contributed by atoms with E-state index >= 15 is 0 Å². The molecule has 1 aliphatic rings. The summed E-state index contributed by atoms with van der Waals surface area (Å²) < 4.78 is 5.96. The van der Waals surface area contributed by atoms with E-state index in [1.165, 1.54) is 4.90 Å². The summed E-state index contributed by atoms with van der Waals surface area (Å²) in [5.74, 6) is 1.04. The Balaban J connectivity index is 1.88. The molecule has 1 saturated heterocycles. The molecule has 1 heterocycles. The zero-order valence-corrected chi connectivity index (χ0v) is 16.2. The highest BCUT2D eigenvalue weighted by Crippen LogP contribution is 2.29. The highest BCUT2D eigenvalue weighted by atomic mass is 16.5. The second kappa shape index (κ2) is 8.78. The Morgan fingerprint density at radius 3 is 2.50 bits per heavy atom. The van der Waals surface area contributed by atoms with Crippen LogP contribution in [0.1, 0.15) is 37.0 Å². The van der Waals surface area contributed by atoms with Crippen LogP contribution in [0, 0.1) is 0 Å².